The number of carbonyl (C=O) groups is 2. The van der Waals surface area contributed by atoms with Crippen LogP contribution < -0.4 is 4.72 Å². The van der Waals surface area contributed by atoms with Gasteiger partial charge in [-0.2, -0.15) is 4.31 Å². The maximum Gasteiger partial charge on any atom is 0.262 e. The molecule has 17 heteroatoms. The number of aromatic amines is 1. The van der Waals surface area contributed by atoms with Gasteiger partial charge < -0.3 is 19.0 Å². The molecule has 8 rings (SSSR count). The number of hydrogen-bond acceptors (Lipinski definition) is 8. The van der Waals surface area contributed by atoms with Crippen LogP contribution in [0.25, 0.3) is 43.6 Å². The van der Waals surface area contributed by atoms with E-state index in [9.17, 15) is 26.4 Å². The van der Waals surface area contributed by atoms with Crippen molar-refractivity contribution in [3.63, 3.8) is 0 Å². The number of hydrogen-bond donors (Lipinski definition) is 2. The van der Waals surface area contributed by atoms with E-state index < -0.39 is 72.2 Å². The highest BCUT2D eigenvalue weighted by Crippen LogP contribution is 2.46. The van der Waals surface area contributed by atoms with Gasteiger partial charge in [0, 0.05) is 68.9 Å². The predicted octanol–water partition coefficient (Wildman–Crippen LogP) is 6.15. The maximum atomic E-state index is 14.8. The second-order valence-electron chi connectivity index (χ2n) is 18.9. The van der Waals surface area contributed by atoms with E-state index in [0.717, 1.165) is 26.7 Å². The average Bonchev–Trinajstić information content (AvgIpc) is 3.82. The van der Waals surface area contributed by atoms with Gasteiger partial charge in [-0.25, -0.2) is 21.6 Å². The molecule has 2 aromatic heterocycles. The zero-order valence-electron chi connectivity index (χ0n) is 34.1. The maximum absolute atomic E-state index is 14.8. The van der Waals surface area contributed by atoms with Gasteiger partial charge in [0.15, 0.2) is 5.79 Å². The molecule has 4 atom stereocenters. The van der Waals surface area contributed by atoms with Gasteiger partial charge in [-0.1, -0.05) is 75.7 Å². The molecule has 0 saturated carbocycles. The normalized spacial score (nSPS) is 23.4. The summed E-state index contributed by atoms with van der Waals surface area (Å²) >= 11 is 0. The molecule has 306 valence electrons. The fourth-order valence-electron chi connectivity index (χ4n) is 8.80. The lowest BCUT2D eigenvalue weighted by molar-refractivity contribution is -0.148. The molecule has 2 fully saturated rings. The van der Waals surface area contributed by atoms with Crippen LogP contribution in [0.4, 0.5) is 0 Å². The number of imide groups is 1. The first-order chi connectivity index (χ1) is 26.5. The number of para-hydroxylation sites is 2. The van der Waals surface area contributed by atoms with E-state index in [-0.39, 0.29) is 30.5 Å². The lowest BCUT2D eigenvalue weighted by Gasteiger charge is -2.44. The van der Waals surface area contributed by atoms with Crippen LogP contribution in [0.1, 0.15) is 34.6 Å². The Hall–Kier alpha value is -3.43. The number of carbonyl (C=O) groups excluding carboxylic acids is 2. The van der Waals surface area contributed by atoms with E-state index in [2.05, 4.69) is 53.6 Å². The number of fused-ring (bicyclic) bond motifs is 11. The minimum absolute atomic E-state index is 0.0603. The van der Waals surface area contributed by atoms with E-state index in [1.54, 1.807) is 13.8 Å². The Bertz CT molecular complexity index is 2710. The third-order valence-electron chi connectivity index (χ3n) is 11.7. The van der Waals surface area contributed by atoms with Crippen LogP contribution in [-0.2, 0) is 36.1 Å². The first-order valence-corrected chi connectivity index (χ1v) is 30.3. The zero-order chi connectivity index (χ0) is 41.2. The molecular weight excluding hydrogens is 799 g/mol. The SMILES string of the molecule is CN1C(=O)c2c(c3c4ccccc4n(C[C@H]4[C@H]5OC(C)(C)O[C@@H]5[C@@H](NS(=O)(=O)CC[Si](C)(C)C)CN4S(=O)(=O)CC[Si](C)(C)C)c3c3[nH]c4ccccc4c23)C1=O. The molecule has 3 aliphatic rings. The van der Waals surface area contributed by atoms with Crippen LogP contribution in [0, 0.1) is 0 Å². The molecule has 0 bridgehead atoms. The zero-order valence-corrected chi connectivity index (χ0v) is 37.7. The molecular formula is C40H53N5O8S2Si2. The summed E-state index contributed by atoms with van der Waals surface area (Å²) < 4.78 is 76.5. The molecule has 13 nitrogen and oxygen atoms in total. The Morgan fingerprint density at radius 3 is 2.05 bits per heavy atom. The van der Waals surface area contributed by atoms with Gasteiger partial charge >= 0.3 is 0 Å². The molecule has 2 amide bonds. The Morgan fingerprint density at radius 1 is 0.807 bits per heavy atom. The summed E-state index contributed by atoms with van der Waals surface area (Å²) in [5.74, 6) is -2.07. The van der Waals surface area contributed by atoms with Gasteiger partial charge in [-0.3, -0.25) is 14.5 Å². The molecule has 2 N–H and O–H groups in total. The summed E-state index contributed by atoms with van der Waals surface area (Å²) in [6, 6.07) is 14.6. The molecule has 0 aliphatic carbocycles. The number of benzene rings is 3. The van der Waals surface area contributed by atoms with E-state index in [1.807, 2.05) is 48.5 Å². The van der Waals surface area contributed by atoms with E-state index in [1.165, 1.54) is 11.4 Å². The van der Waals surface area contributed by atoms with E-state index in [4.69, 9.17) is 9.47 Å². The summed E-state index contributed by atoms with van der Waals surface area (Å²) in [5, 5.41) is 2.79. The van der Waals surface area contributed by atoms with Crippen molar-refractivity contribution in [1.29, 1.82) is 0 Å². The molecule has 0 radical (unpaired) electrons. The number of aromatic nitrogens is 2. The average molecular weight is 852 g/mol. The predicted molar refractivity (Wildman–Crippen MR) is 230 cm³/mol. The number of piperidine rings is 1. The number of nitrogens with one attached hydrogen (secondary N) is 2. The first-order valence-electron chi connectivity index (χ1n) is 19.6. The van der Waals surface area contributed by atoms with Gasteiger partial charge in [0.1, 0.15) is 12.2 Å². The van der Waals surface area contributed by atoms with Gasteiger partial charge in [0.25, 0.3) is 11.8 Å². The lowest BCUT2D eigenvalue weighted by atomic mass is 9.94. The smallest absolute Gasteiger partial charge is 0.262 e. The highest BCUT2D eigenvalue weighted by atomic mass is 32.2. The molecule has 0 unspecified atom stereocenters. The van der Waals surface area contributed by atoms with Gasteiger partial charge in [-0.15, -0.1) is 0 Å². The molecule has 5 aromatic rings. The van der Waals surface area contributed by atoms with Crippen LogP contribution in [0.3, 0.4) is 0 Å². The van der Waals surface area contributed by atoms with Crippen LogP contribution in [-0.4, -0.2) is 119 Å². The van der Waals surface area contributed by atoms with Crippen molar-refractivity contribution < 1.29 is 35.9 Å². The minimum atomic E-state index is -3.99. The third-order valence-corrected chi connectivity index (χ3v) is 19.2. The Balaban J connectivity index is 1.35. The fourth-order valence-corrected chi connectivity index (χ4v) is 17.8. The minimum Gasteiger partial charge on any atom is -0.353 e. The monoisotopic (exact) mass is 851 g/mol. The standard InChI is InChI=1S/C40H53N5O8S2Si2/c1-40(2)52-36-27(42-54(48,49)18-20-56(4,5)6)22-45(55(50,51)19-21-57(7,8)9)29(37(36)53-40)23-44-28-17-13-11-15-25(28)31-33-32(38(46)43(3)39(33)47)30-24-14-10-12-16-26(24)41-34(30)35(31)44/h10-17,27,29,36-37,41-42H,18-23H2,1-9H3/t27-,29-,36+,37+/m0/s1. The number of amides is 2. The summed E-state index contributed by atoms with van der Waals surface area (Å²) in [6.45, 7) is 16.2. The van der Waals surface area contributed by atoms with Crippen LogP contribution in [0.2, 0.25) is 51.4 Å². The van der Waals surface area contributed by atoms with Crippen molar-refractivity contribution in [2.45, 2.75) is 102 Å². The summed E-state index contributed by atoms with van der Waals surface area (Å²) in [7, 11) is -9.87. The number of ether oxygens (including phenoxy) is 2. The second kappa shape index (κ2) is 13.6. The molecule has 3 aliphatic heterocycles. The molecule has 3 aromatic carbocycles. The van der Waals surface area contributed by atoms with Crippen molar-refractivity contribution in [1.82, 2.24) is 23.5 Å². The lowest BCUT2D eigenvalue weighted by Crippen LogP contribution is -2.67. The number of H-pyrrole nitrogens is 1. The van der Waals surface area contributed by atoms with Crippen LogP contribution in [0.5, 0.6) is 0 Å². The third kappa shape index (κ3) is 7.10. The Labute approximate surface area is 336 Å². The fraction of sp³-hybridized carbons (Fsp3) is 0.500. The van der Waals surface area contributed by atoms with Gasteiger partial charge in [0.2, 0.25) is 20.0 Å². The van der Waals surface area contributed by atoms with E-state index in [0.29, 0.717) is 45.0 Å². The van der Waals surface area contributed by atoms with Crippen molar-refractivity contribution in [3.8, 4) is 0 Å². The number of sulfonamides is 2. The van der Waals surface area contributed by atoms with Gasteiger partial charge in [-0.05, 0) is 38.1 Å². The van der Waals surface area contributed by atoms with Crippen molar-refractivity contribution in [2.75, 3.05) is 25.1 Å². The number of nitrogens with zero attached hydrogens (tertiary/aromatic N) is 3. The molecule has 0 spiro atoms. The Morgan fingerprint density at radius 2 is 1.39 bits per heavy atom. The van der Waals surface area contributed by atoms with Crippen molar-refractivity contribution in [3.05, 3.63) is 59.7 Å². The quantitative estimate of drug-likeness (QED) is 0.118. The topological polar surface area (TPSA) is 160 Å². The van der Waals surface area contributed by atoms with E-state index >= 15 is 0 Å². The van der Waals surface area contributed by atoms with Crippen LogP contribution >= 0.6 is 0 Å². The highest BCUT2D eigenvalue weighted by Gasteiger charge is 2.57. The largest absolute Gasteiger partial charge is 0.353 e. The molecule has 2 saturated heterocycles. The van der Waals surface area contributed by atoms with Crippen LogP contribution in [0.15, 0.2) is 48.5 Å². The second-order valence-corrected chi connectivity index (χ2v) is 34.0. The number of rotatable bonds is 11. The Kier molecular flexibility index (Phi) is 9.60. The first kappa shape index (κ1) is 40.4. The highest BCUT2D eigenvalue weighted by molar-refractivity contribution is 7.89. The summed E-state index contributed by atoms with van der Waals surface area (Å²) in [4.78, 5) is 32.7. The molecule has 5 heterocycles. The molecule has 57 heavy (non-hydrogen) atoms. The van der Waals surface area contributed by atoms with Crippen molar-refractivity contribution in [2.24, 2.45) is 0 Å². The van der Waals surface area contributed by atoms with Crippen molar-refractivity contribution >= 4 is 91.6 Å². The summed E-state index contributed by atoms with van der Waals surface area (Å²) in [5.41, 5.74) is 3.54. The van der Waals surface area contributed by atoms with Gasteiger partial charge in [0.05, 0.1) is 45.7 Å². The summed E-state index contributed by atoms with van der Waals surface area (Å²) in [6.07, 6.45) is -1.66.